The van der Waals surface area contributed by atoms with E-state index in [1.165, 1.54) is 5.56 Å². The number of hydrogen-bond acceptors (Lipinski definition) is 4. The molecule has 1 fully saturated rings. The van der Waals surface area contributed by atoms with Crippen LogP contribution in [0.25, 0.3) is 0 Å². The maximum atomic E-state index is 13.2. The molecule has 1 aliphatic rings. The number of amides is 1. The first-order valence-electron chi connectivity index (χ1n) is 10.8. The topological polar surface area (TPSA) is 42.0 Å². The molecule has 0 unspecified atom stereocenters. The lowest BCUT2D eigenvalue weighted by atomic mass is 10.1. The Morgan fingerprint density at radius 1 is 0.970 bits per heavy atom. The summed E-state index contributed by atoms with van der Waals surface area (Å²) in [6.45, 7) is 4.26. The molecular formula is C26H26BrClN2O3. The lowest BCUT2D eigenvalue weighted by Crippen LogP contribution is -2.48. The highest BCUT2D eigenvalue weighted by Crippen LogP contribution is 2.24. The normalized spacial score (nSPS) is 14.2. The van der Waals surface area contributed by atoms with Gasteiger partial charge in [0, 0.05) is 53.3 Å². The van der Waals surface area contributed by atoms with E-state index in [2.05, 4.69) is 39.0 Å². The minimum atomic E-state index is 0.0333. The molecule has 172 valence electrons. The maximum Gasteiger partial charge on any atom is 0.253 e. The summed E-state index contributed by atoms with van der Waals surface area (Å²) in [5, 5.41) is 0.657. The van der Waals surface area contributed by atoms with Gasteiger partial charge in [0.05, 0.1) is 7.11 Å². The minimum Gasteiger partial charge on any atom is -0.496 e. The Hall–Kier alpha value is -2.54. The molecule has 1 heterocycles. The second-order valence-corrected chi connectivity index (χ2v) is 9.22. The first-order valence-corrected chi connectivity index (χ1v) is 12.0. The summed E-state index contributed by atoms with van der Waals surface area (Å²) in [4.78, 5) is 17.5. The lowest BCUT2D eigenvalue weighted by molar-refractivity contribution is 0.0628. The average molecular weight is 530 g/mol. The number of halogens is 2. The summed E-state index contributed by atoms with van der Waals surface area (Å²) in [7, 11) is 1.62. The molecular weight excluding hydrogens is 504 g/mol. The van der Waals surface area contributed by atoms with E-state index in [9.17, 15) is 4.79 Å². The molecule has 0 bridgehead atoms. The van der Waals surface area contributed by atoms with Crippen molar-refractivity contribution in [2.75, 3.05) is 33.3 Å². The van der Waals surface area contributed by atoms with Gasteiger partial charge in [0.25, 0.3) is 5.91 Å². The van der Waals surface area contributed by atoms with E-state index < -0.39 is 0 Å². The number of carbonyl (C=O) groups excluding carboxylic acids is 1. The van der Waals surface area contributed by atoms with Gasteiger partial charge in [0.1, 0.15) is 18.1 Å². The minimum absolute atomic E-state index is 0.0333. The van der Waals surface area contributed by atoms with Crippen molar-refractivity contribution in [2.45, 2.75) is 13.2 Å². The molecule has 0 saturated carbocycles. The van der Waals surface area contributed by atoms with Crippen molar-refractivity contribution >= 4 is 33.4 Å². The molecule has 0 spiro atoms. The molecule has 0 atom stereocenters. The Bertz CT molecular complexity index is 1100. The lowest BCUT2D eigenvalue weighted by Gasteiger charge is -2.35. The number of rotatable bonds is 7. The molecule has 1 aliphatic heterocycles. The fourth-order valence-electron chi connectivity index (χ4n) is 3.88. The van der Waals surface area contributed by atoms with Crippen LogP contribution in [0.5, 0.6) is 11.5 Å². The predicted molar refractivity (Wildman–Crippen MR) is 134 cm³/mol. The van der Waals surface area contributed by atoms with E-state index >= 15 is 0 Å². The van der Waals surface area contributed by atoms with E-state index in [-0.39, 0.29) is 5.91 Å². The molecule has 0 aromatic heterocycles. The second-order valence-electron chi connectivity index (χ2n) is 7.93. The largest absolute Gasteiger partial charge is 0.496 e. The Kier molecular flexibility index (Phi) is 7.91. The van der Waals surface area contributed by atoms with E-state index in [1.54, 1.807) is 19.2 Å². The monoisotopic (exact) mass is 528 g/mol. The number of hydrogen-bond donors (Lipinski definition) is 0. The third-order valence-corrected chi connectivity index (χ3v) is 6.77. The first kappa shape index (κ1) is 23.6. The molecule has 1 saturated heterocycles. The number of benzene rings is 3. The van der Waals surface area contributed by atoms with Crippen LogP contribution in [-0.2, 0) is 13.2 Å². The zero-order valence-electron chi connectivity index (χ0n) is 18.5. The number of nitrogens with zero attached hydrogens (tertiary/aromatic N) is 2. The van der Waals surface area contributed by atoms with Crippen molar-refractivity contribution in [3.8, 4) is 11.5 Å². The molecule has 0 radical (unpaired) electrons. The van der Waals surface area contributed by atoms with E-state index in [1.807, 2.05) is 41.3 Å². The van der Waals surface area contributed by atoms with Crippen LogP contribution in [0, 0.1) is 0 Å². The Balaban J connectivity index is 1.38. The molecule has 0 aliphatic carbocycles. The quantitative estimate of drug-likeness (QED) is 0.397. The van der Waals surface area contributed by atoms with Crippen LogP contribution < -0.4 is 9.47 Å². The van der Waals surface area contributed by atoms with Crippen LogP contribution in [0.15, 0.2) is 71.2 Å². The third kappa shape index (κ3) is 6.08. The van der Waals surface area contributed by atoms with Crippen molar-refractivity contribution in [1.29, 1.82) is 0 Å². The van der Waals surface area contributed by atoms with Crippen LogP contribution >= 0.6 is 27.5 Å². The summed E-state index contributed by atoms with van der Waals surface area (Å²) >= 11 is 9.56. The zero-order chi connectivity index (χ0) is 23.2. The number of ether oxygens (including phenoxy) is 2. The fourth-order valence-corrected chi connectivity index (χ4v) is 4.41. The van der Waals surface area contributed by atoms with Gasteiger partial charge in [-0.25, -0.2) is 0 Å². The Morgan fingerprint density at radius 2 is 1.70 bits per heavy atom. The summed E-state index contributed by atoms with van der Waals surface area (Å²) in [6.07, 6.45) is 0. The van der Waals surface area contributed by atoms with Crippen molar-refractivity contribution < 1.29 is 14.3 Å². The van der Waals surface area contributed by atoms with Gasteiger partial charge in [-0.15, -0.1) is 0 Å². The van der Waals surface area contributed by atoms with Gasteiger partial charge in [-0.3, -0.25) is 9.69 Å². The SMILES string of the molecule is COc1ccc(C(=O)N2CCN(Cc3ccccc3Br)CC2)cc1COc1ccc(Cl)cc1. The summed E-state index contributed by atoms with van der Waals surface area (Å²) < 4.78 is 12.5. The van der Waals surface area contributed by atoms with Crippen LogP contribution in [0.1, 0.15) is 21.5 Å². The zero-order valence-corrected chi connectivity index (χ0v) is 20.8. The van der Waals surface area contributed by atoms with E-state index in [0.717, 1.165) is 29.7 Å². The van der Waals surface area contributed by atoms with Gasteiger partial charge in [-0.2, -0.15) is 0 Å². The first-order chi connectivity index (χ1) is 16.0. The highest BCUT2D eigenvalue weighted by atomic mass is 79.9. The standard InChI is InChI=1S/C26H26BrClN2O3/c1-32-25-11-6-19(16-21(25)18-33-23-9-7-22(28)8-10-23)26(31)30-14-12-29(13-15-30)17-20-4-2-3-5-24(20)27/h2-11,16H,12-15,17-18H2,1H3. The smallest absolute Gasteiger partial charge is 0.253 e. The van der Waals surface area contributed by atoms with Crippen molar-refractivity contribution in [2.24, 2.45) is 0 Å². The molecule has 33 heavy (non-hydrogen) atoms. The van der Waals surface area contributed by atoms with E-state index in [0.29, 0.717) is 41.8 Å². The third-order valence-electron chi connectivity index (χ3n) is 5.75. The highest BCUT2D eigenvalue weighted by Gasteiger charge is 2.23. The van der Waals surface area contributed by atoms with Crippen LogP contribution in [0.4, 0.5) is 0 Å². The summed E-state index contributed by atoms with van der Waals surface area (Å²) in [5.74, 6) is 1.43. The van der Waals surface area contributed by atoms with Crippen LogP contribution in [-0.4, -0.2) is 49.0 Å². The van der Waals surface area contributed by atoms with Gasteiger partial charge in [-0.05, 0) is 54.1 Å². The van der Waals surface area contributed by atoms with Crippen molar-refractivity contribution in [3.05, 3.63) is 92.9 Å². The Morgan fingerprint density at radius 3 is 2.39 bits per heavy atom. The molecule has 3 aromatic rings. The molecule has 1 amide bonds. The molecule has 0 N–H and O–H groups in total. The number of piperazine rings is 1. The second kappa shape index (κ2) is 11.1. The molecule has 4 rings (SSSR count). The summed E-state index contributed by atoms with van der Waals surface area (Å²) in [6, 6.07) is 21.0. The van der Waals surface area contributed by atoms with Gasteiger partial charge in [0.2, 0.25) is 0 Å². The van der Waals surface area contributed by atoms with Gasteiger partial charge in [-0.1, -0.05) is 45.7 Å². The molecule has 5 nitrogen and oxygen atoms in total. The number of carbonyl (C=O) groups is 1. The highest BCUT2D eigenvalue weighted by molar-refractivity contribution is 9.10. The molecule has 7 heteroatoms. The van der Waals surface area contributed by atoms with Gasteiger partial charge < -0.3 is 14.4 Å². The average Bonchev–Trinajstić information content (AvgIpc) is 2.85. The van der Waals surface area contributed by atoms with E-state index in [4.69, 9.17) is 21.1 Å². The Labute approximate surface area is 208 Å². The van der Waals surface area contributed by atoms with Gasteiger partial charge >= 0.3 is 0 Å². The fraction of sp³-hybridized carbons (Fsp3) is 0.269. The van der Waals surface area contributed by atoms with Crippen LogP contribution in [0.3, 0.4) is 0 Å². The number of methoxy groups -OCH3 is 1. The predicted octanol–water partition coefficient (Wildman–Crippen LogP) is 5.65. The van der Waals surface area contributed by atoms with Crippen molar-refractivity contribution in [3.63, 3.8) is 0 Å². The van der Waals surface area contributed by atoms with Crippen molar-refractivity contribution in [1.82, 2.24) is 9.80 Å². The van der Waals surface area contributed by atoms with Crippen LogP contribution in [0.2, 0.25) is 5.02 Å². The molecule has 3 aromatic carbocycles. The van der Waals surface area contributed by atoms with Gasteiger partial charge in [0.15, 0.2) is 0 Å². The summed E-state index contributed by atoms with van der Waals surface area (Å²) in [5.41, 5.74) is 2.73. The maximum absolute atomic E-state index is 13.2.